The van der Waals surface area contributed by atoms with E-state index in [9.17, 15) is 0 Å². The van der Waals surface area contributed by atoms with E-state index >= 15 is 0 Å². The Hall–Kier alpha value is -1.14. The van der Waals surface area contributed by atoms with Crippen LogP contribution in [0.2, 0.25) is 5.02 Å². The molecule has 0 spiro atoms. The molecule has 0 unspecified atom stereocenters. The Bertz CT molecular complexity index is 290. The van der Waals surface area contributed by atoms with Crippen molar-refractivity contribution in [1.82, 2.24) is 10.2 Å². The van der Waals surface area contributed by atoms with Gasteiger partial charge in [0.1, 0.15) is 6.07 Å². The fourth-order valence-electron chi connectivity index (χ4n) is 0.485. The lowest BCUT2D eigenvalue weighted by molar-refractivity contribution is 0.964. The molecule has 4 heteroatoms. The van der Waals surface area contributed by atoms with Crippen LogP contribution in [-0.4, -0.2) is 10.2 Å². The van der Waals surface area contributed by atoms with E-state index in [-0.39, 0.29) is 5.69 Å². The highest BCUT2D eigenvalue weighted by atomic mass is 35.5. The van der Waals surface area contributed by atoms with Crippen LogP contribution in [-0.2, 0) is 0 Å². The highest BCUT2D eigenvalue weighted by Gasteiger charge is 1.97. The van der Waals surface area contributed by atoms with Crippen molar-refractivity contribution in [3.05, 3.63) is 22.5 Å². The normalized spacial score (nSPS) is 8.90. The van der Waals surface area contributed by atoms with Gasteiger partial charge in [0.15, 0.2) is 5.69 Å². The Kier molecular flexibility index (Phi) is 1.83. The largest absolute Gasteiger partial charge is 0.191 e. The molecule has 1 aromatic heterocycles. The summed E-state index contributed by atoms with van der Waals surface area (Å²) in [5.74, 6) is 0. The Morgan fingerprint density at radius 1 is 1.60 bits per heavy atom. The monoisotopic (exact) mass is 153 g/mol. The minimum atomic E-state index is 0.246. The number of rotatable bonds is 0. The van der Waals surface area contributed by atoms with Gasteiger partial charge in [-0.15, -0.1) is 5.10 Å². The number of hydrogen-bond acceptors (Lipinski definition) is 3. The first kappa shape index (κ1) is 6.97. The van der Waals surface area contributed by atoms with Crippen LogP contribution in [0.25, 0.3) is 0 Å². The summed E-state index contributed by atoms with van der Waals surface area (Å²) in [6.45, 7) is 1.73. The minimum Gasteiger partial charge on any atom is -0.191 e. The van der Waals surface area contributed by atoms with Crippen LogP contribution in [0.5, 0.6) is 0 Å². The summed E-state index contributed by atoms with van der Waals surface area (Å²) in [4.78, 5) is 0. The molecule has 0 N–H and O–H groups in total. The van der Waals surface area contributed by atoms with Crippen LogP contribution in [0.3, 0.4) is 0 Å². The lowest BCUT2D eigenvalue weighted by atomic mass is 10.4. The van der Waals surface area contributed by atoms with Crippen molar-refractivity contribution in [3.8, 4) is 6.07 Å². The average Bonchev–Trinajstić information content (AvgIpc) is 1.95. The summed E-state index contributed by atoms with van der Waals surface area (Å²) in [5.41, 5.74) is 0.885. The molecule has 1 rings (SSSR count). The Morgan fingerprint density at radius 3 is 2.80 bits per heavy atom. The zero-order chi connectivity index (χ0) is 7.56. The molecule has 50 valence electrons. The Balaban J connectivity index is 3.20. The molecule has 0 aromatic carbocycles. The van der Waals surface area contributed by atoms with Crippen molar-refractivity contribution < 1.29 is 0 Å². The molecule has 0 saturated heterocycles. The van der Waals surface area contributed by atoms with E-state index in [4.69, 9.17) is 16.9 Å². The molecule has 0 amide bonds. The van der Waals surface area contributed by atoms with Crippen molar-refractivity contribution >= 4 is 11.6 Å². The lowest BCUT2D eigenvalue weighted by Gasteiger charge is -1.92. The highest BCUT2D eigenvalue weighted by Crippen LogP contribution is 2.10. The molecule has 0 aliphatic carbocycles. The third-order valence-corrected chi connectivity index (χ3v) is 1.41. The molecule has 0 radical (unpaired) electrons. The zero-order valence-corrected chi connectivity index (χ0v) is 6.05. The second-order valence-corrected chi connectivity index (χ2v) is 2.18. The standard InChI is InChI=1S/C6H4ClN3/c1-4-6(7)2-5(3-8)10-9-4/h2H,1H3. The minimum absolute atomic E-state index is 0.246. The SMILES string of the molecule is Cc1nnc(C#N)cc1Cl. The highest BCUT2D eigenvalue weighted by molar-refractivity contribution is 6.31. The van der Waals surface area contributed by atoms with Crippen LogP contribution in [0.15, 0.2) is 6.07 Å². The second-order valence-electron chi connectivity index (χ2n) is 1.77. The molecule has 0 bridgehead atoms. The lowest BCUT2D eigenvalue weighted by Crippen LogP contribution is -1.90. The maximum absolute atomic E-state index is 8.34. The van der Waals surface area contributed by atoms with E-state index < -0.39 is 0 Å². The maximum Gasteiger partial charge on any atom is 0.164 e. The van der Waals surface area contributed by atoms with Crippen molar-refractivity contribution in [1.29, 1.82) is 5.26 Å². The summed E-state index contributed by atoms with van der Waals surface area (Å²) >= 11 is 5.64. The fourth-order valence-corrected chi connectivity index (χ4v) is 0.626. The van der Waals surface area contributed by atoms with Crippen molar-refractivity contribution in [3.63, 3.8) is 0 Å². The zero-order valence-electron chi connectivity index (χ0n) is 5.30. The molecule has 0 atom stereocenters. The third kappa shape index (κ3) is 1.23. The first-order chi connectivity index (χ1) is 4.74. The smallest absolute Gasteiger partial charge is 0.164 e. The van der Waals surface area contributed by atoms with Crippen LogP contribution in [0, 0.1) is 18.3 Å². The summed E-state index contributed by atoms with van der Waals surface area (Å²) in [5, 5.41) is 16.0. The van der Waals surface area contributed by atoms with Gasteiger partial charge in [-0.05, 0) is 13.0 Å². The molecule has 3 nitrogen and oxygen atoms in total. The maximum atomic E-state index is 8.34. The van der Waals surface area contributed by atoms with E-state index in [2.05, 4.69) is 10.2 Å². The Morgan fingerprint density at radius 2 is 2.30 bits per heavy atom. The Labute approximate surface area is 63.3 Å². The topological polar surface area (TPSA) is 49.6 Å². The van der Waals surface area contributed by atoms with Gasteiger partial charge in [-0.25, -0.2) is 0 Å². The molecule has 0 aliphatic heterocycles. The number of aryl methyl sites for hydroxylation is 1. The molecule has 1 heterocycles. The van der Waals surface area contributed by atoms with Crippen LogP contribution in [0.1, 0.15) is 11.4 Å². The predicted octanol–water partition coefficient (Wildman–Crippen LogP) is 1.31. The summed E-state index contributed by atoms with van der Waals surface area (Å²) < 4.78 is 0. The van der Waals surface area contributed by atoms with Crippen LogP contribution in [0.4, 0.5) is 0 Å². The van der Waals surface area contributed by atoms with Gasteiger partial charge in [-0.1, -0.05) is 11.6 Å². The van der Waals surface area contributed by atoms with E-state index in [0.29, 0.717) is 10.7 Å². The van der Waals surface area contributed by atoms with Gasteiger partial charge in [0.2, 0.25) is 0 Å². The summed E-state index contributed by atoms with van der Waals surface area (Å²) in [6.07, 6.45) is 0. The number of nitrogens with zero attached hydrogens (tertiary/aromatic N) is 3. The van der Waals surface area contributed by atoms with Gasteiger partial charge >= 0.3 is 0 Å². The second kappa shape index (κ2) is 2.63. The molecular formula is C6H4ClN3. The van der Waals surface area contributed by atoms with E-state index in [1.165, 1.54) is 6.07 Å². The van der Waals surface area contributed by atoms with Gasteiger partial charge in [0.25, 0.3) is 0 Å². The molecule has 0 aliphatic rings. The summed E-state index contributed by atoms with van der Waals surface area (Å²) in [7, 11) is 0. The number of halogens is 1. The van der Waals surface area contributed by atoms with Gasteiger partial charge < -0.3 is 0 Å². The molecule has 10 heavy (non-hydrogen) atoms. The number of aromatic nitrogens is 2. The van der Waals surface area contributed by atoms with Crippen LogP contribution >= 0.6 is 11.6 Å². The predicted molar refractivity (Wildman–Crippen MR) is 36.5 cm³/mol. The molecule has 0 saturated carbocycles. The van der Waals surface area contributed by atoms with Crippen molar-refractivity contribution in [2.45, 2.75) is 6.92 Å². The van der Waals surface area contributed by atoms with Crippen molar-refractivity contribution in [2.75, 3.05) is 0 Å². The number of nitriles is 1. The van der Waals surface area contributed by atoms with Gasteiger partial charge in [0, 0.05) is 0 Å². The van der Waals surface area contributed by atoms with Crippen LogP contribution < -0.4 is 0 Å². The van der Waals surface area contributed by atoms with Gasteiger partial charge in [0.05, 0.1) is 10.7 Å². The van der Waals surface area contributed by atoms with E-state index in [0.717, 1.165) is 0 Å². The molecule has 0 fully saturated rings. The van der Waals surface area contributed by atoms with Gasteiger partial charge in [-0.3, -0.25) is 0 Å². The van der Waals surface area contributed by atoms with E-state index in [1.807, 2.05) is 6.07 Å². The van der Waals surface area contributed by atoms with Crippen molar-refractivity contribution in [2.24, 2.45) is 0 Å². The van der Waals surface area contributed by atoms with E-state index in [1.54, 1.807) is 6.92 Å². The first-order valence-electron chi connectivity index (χ1n) is 2.64. The average molecular weight is 154 g/mol. The fraction of sp³-hybridized carbons (Fsp3) is 0.167. The quantitative estimate of drug-likeness (QED) is 0.565. The molecule has 1 aromatic rings. The molecular weight excluding hydrogens is 150 g/mol. The van der Waals surface area contributed by atoms with Gasteiger partial charge in [-0.2, -0.15) is 10.4 Å². The summed E-state index contributed by atoms with van der Waals surface area (Å²) in [6, 6.07) is 3.33. The number of hydrogen-bond donors (Lipinski definition) is 0. The third-order valence-electron chi connectivity index (χ3n) is 1.03. The first-order valence-corrected chi connectivity index (χ1v) is 3.02.